The van der Waals surface area contributed by atoms with Crippen LogP contribution in [0.5, 0.6) is 0 Å². The number of aromatic nitrogens is 1. The molecule has 6 heteroatoms. The number of nitrogens with one attached hydrogen (secondary N) is 1. The minimum atomic E-state index is -0.644. The van der Waals surface area contributed by atoms with Crippen molar-refractivity contribution in [3.8, 4) is 0 Å². The second-order valence-corrected chi connectivity index (χ2v) is 5.74. The lowest BCUT2D eigenvalue weighted by Crippen LogP contribution is -2.45. The number of anilines is 2. The molecule has 1 N–H and O–H groups in total. The Morgan fingerprint density at radius 1 is 1.21 bits per heavy atom. The zero-order chi connectivity index (χ0) is 17.3. The number of benzene rings is 1. The Hall–Kier alpha value is -2.89. The molecule has 24 heavy (non-hydrogen) atoms. The summed E-state index contributed by atoms with van der Waals surface area (Å²) in [4.78, 5) is 38.5. The molecule has 0 aliphatic carbocycles. The molecule has 2 heterocycles. The molecule has 1 aromatic heterocycles. The summed E-state index contributed by atoms with van der Waals surface area (Å²) in [6.45, 7) is 3.82. The van der Waals surface area contributed by atoms with Crippen molar-refractivity contribution >= 4 is 23.2 Å². The zero-order valence-corrected chi connectivity index (χ0v) is 13.7. The predicted octanol–water partition coefficient (Wildman–Crippen LogP) is 1.78. The SMILES string of the molecule is CCn1cccc(NC(=O)[C@@H]2Cc3ccccc3N2C(C)=O)c1=O. The first-order chi connectivity index (χ1) is 11.5. The molecule has 1 aliphatic heterocycles. The van der Waals surface area contributed by atoms with Gasteiger partial charge in [0, 0.05) is 31.8 Å². The van der Waals surface area contributed by atoms with E-state index in [0.717, 1.165) is 11.3 Å². The molecule has 3 rings (SSSR count). The number of hydrogen-bond acceptors (Lipinski definition) is 3. The van der Waals surface area contributed by atoms with Crippen molar-refractivity contribution in [1.82, 2.24) is 4.57 Å². The third kappa shape index (κ3) is 2.71. The van der Waals surface area contributed by atoms with Crippen LogP contribution in [0.2, 0.25) is 0 Å². The van der Waals surface area contributed by atoms with Gasteiger partial charge < -0.3 is 9.88 Å². The number of carbonyl (C=O) groups excluding carboxylic acids is 2. The largest absolute Gasteiger partial charge is 0.320 e. The molecule has 2 amide bonds. The summed E-state index contributed by atoms with van der Waals surface area (Å²) in [6, 6.07) is 10.1. The first kappa shape index (κ1) is 16.0. The molecule has 6 nitrogen and oxygen atoms in total. The average Bonchev–Trinajstić information content (AvgIpc) is 2.96. The van der Waals surface area contributed by atoms with Crippen LogP contribution in [0.1, 0.15) is 19.4 Å². The van der Waals surface area contributed by atoms with Gasteiger partial charge in [-0.05, 0) is 30.7 Å². The van der Waals surface area contributed by atoms with Gasteiger partial charge in [0.2, 0.25) is 11.8 Å². The van der Waals surface area contributed by atoms with Crippen LogP contribution < -0.4 is 15.8 Å². The Labute approximate surface area is 139 Å². The van der Waals surface area contributed by atoms with Crippen molar-refractivity contribution in [3.05, 3.63) is 58.5 Å². The van der Waals surface area contributed by atoms with Crippen LogP contribution >= 0.6 is 0 Å². The number of rotatable bonds is 3. The van der Waals surface area contributed by atoms with Gasteiger partial charge in [0.25, 0.3) is 5.56 Å². The highest BCUT2D eigenvalue weighted by Gasteiger charge is 2.36. The standard InChI is InChI=1S/C18H19N3O3/c1-3-20-10-6-8-14(18(20)24)19-17(23)16-11-13-7-4-5-9-15(13)21(16)12(2)22/h4-10,16H,3,11H2,1-2H3,(H,19,23)/t16-/m0/s1. The number of nitrogens with zero attached hydrogens (tertiary/aromatic N) is 2. The van der Waals surface area contributed by atoms with Gasteiger partial charge in [-0.25, -0.2) is 0 Å². The number of para-hydroxylation sites is 1. The predicted molar refractivity (Wildman–Crippen MR) is 92.1 cm³/mol. The Morgan fingerprint density at radius 2 is 1.96 bits per heavy atom. The number of fused-ring (bicyclic) bond motifs is 1. The van der Waals surface area contributed by atoms with Gasteiger partial charge in [0.1, 0.15) is 11.7 Å². The fourth-order valence-corrected chi connectivity index (χ4v) is 3.08. The summed E-state index contributed by atoms with van der Waals surface area (Å²) < 4.78 is 1.52. The quantitative estimate of drug-likeness (QED) is 0.935. The molecule has 0 saturated carbocycles. The fraction of sp³-hybridized carbons (Fsp3) is 0.278. The number of amides is 2. The van der Waals surface area contributed by atoms with Crippen molar-refractivity contribution in [2.75, 3.05) is 10.2 Å². The van der Waals surface area contributed by atoms with Gasteiger partial charge in [-0.2, -0.15) is 0 Å². The highest BCUT2D eigenvalue weighted by molar-refractivity contribution is 6.06. The molecular weight excluding hydrogens is 306 g/mol. The zero-order valence-electron chi connectivity index (χ0n) is 13.7. The van der Waals surface area contributed by atoms with Crippen molar-refractivity contribution < 1.29 is 9.59 Å². The van der Waals surface area contributed by atoms with Crippen molar-refractivity contribution in [1.29, 1.82) is 0 Å². The molecule has 124 valence electrons. The van der Waals surface area contributed by atoms with E-state index in [1.807, 2.05) is 31.2 Å². The van der Waals surface area contributed by atoms with Crippen LogP contribution in [0.3, 0.4) is 0 Å². The average molecular weight is 325 g/mol. The van der Waals surface area contributed by atoms with Crippen LogP contribution in [0.4, 0.5) is 11.4 Å². The van der Waals surface area contributed by atoms with Crippen molar-refractivity contribution in [3.63, 3.8) is 0 Å². The van der Waals surface area contributed by atoms with Crippen LogP contribution in [0.15, 0.2) is 47.4 Å². The molecule has 1 aliphatic rings. The fourth-order valence-electron chi connectivity index (χ4n) is 3.08. The van der Waals surface area contributed by atoms with E-state index in [-0.39, 0.29) is 23.1 Å². The van der Waals surface area contributed by atoms with E-state index in [9.17, 15) is 14.4 Å². The summed E-state index contributed by atoms with van der Waals surface area (Å²) in [5.41, 5.74) is 1.68. The van der Waals surface area contributed by atoms with Gasteiger partial charge in [0.15, 0.2) is 0 Å². The third-order valence-electron chi connectivity index (χ3n) is 4.24. The second-order valence-electron chi connectivity index (χ2n) is 5.74. The normalized spacial score (nSPS) is 15.9. The van der Waals surface area contributed by atoms with Crippen LogP contribution in [0.25, 0.3) is 0 Å². The Bertz CT molecular complexity index is 857. The van der Waals surface area contributed by atoms with E-state index < -0.39 is 6.04 Å². The molecule has 1 atom stereocenters. The van der Waals surface area contributed by atoms with E-state index in [2.05, 4.69) is 5.32 Å². The van der Waals surface area contributed by atoms with Crippen LogP contribution in [-0.4, -0.2) is 22.4 Å². The molecular formula is C18H19N3O3. The maximum absolute atomic E-state index is 12.7. The maximum Gasteiger partial charge on any atom is 0.274 e. The van der Waals surface area contributed by atoms with E-state index in [1.54, 1.807) is 18.3 Å². The minimum Gasteiger partial charge on any atom is -0.320 e. The lowest BCUT2D eigenvalue weighted by Gasteiger charge is -2.23. The summed E-state index contributed by atoms with van der Waals surface area (Å²) >= 11 is 0. The first-order valence-electron chi connectivity index (χ1n) is 7.91. The molecule has 0 bridgehead atoms. The molecule has 0 radical (unpaired) electrons. The highest BCUT2D eigenvalue weighted by atomic mass is 16.2. The van der Waals surface area contributed by atoms with Gasteiger partial charge in [-0.1, -0.05) is 18.2 Å². The smallest absolute Gasteiger partial charge is 0.274 e. The molecule has 0 unspecified atom stereocenters. The lowest BCUT2D eigenvalue weighted by atomic mass is 10.1. The monoisotopic (exact) mass is 325 g/mol. The Balaban J connectivity index is 1.88. The Morgan fingerprint density at radius 3 is 2.67 bits per heavy atom. The number of hydrogen-bond donors (Lipinski definition) is 1. The number of aryl methyl sites for hydroxylation is 1. The minimum absolute atomic E-state index is 0.195. The van der Waals surface area contributed by atoms with Crippen LogP contribution in [-0.2, 0) is 22.6 Å². The Kier molecular flexibility index (Phi) is 4.20. The summed E-state index contributed by atoms with van der Waals surface area (Å²) in [5.74, 6) is -0.550. The molecule has 0 fully saturated rings. The van der Waals surface area contributed by atoms with Crippen LogP contribution in [0, 0.1) is 0 Å². The van der Waals surface area contributed by atoms with E-state index in [0.29, 0.717) is 13.0 Å². The summed E-state index contributed by atoms with van der Waals surface area (Å²) in [5, 5.41) is 2.68. The molecule has 1 aromatic carbocycles. The van der Waals surface area contributed by atoms with Gasteiger partial charge >= 0.3 is 0 Å². The first-order valence-corrected chi connectivity index (χ1v) is 7.91. The maximum atomic E-state index is 12.7. The van der Waals surface area contributed by atoms with E-state index >= 15 is 0 Å². The highest BCUT2D eigenvalue weighted by Crippen LogP contribution is 2.32. The van der Waals surface area contributed by atoms with Crippen molar-refractivity contribution in [2.45, 2.75) is 32.9 Å². The van der Waals surface area contributed by atoms with Crippen molar-refractivity contribution in [2.24, 2.45) is 0 Å². The molecule has 0 saturated heterocycles. The number of carbonyl (C=O) groups is 2. The molecule has 2 aromatic rings. The van der Waals surface area contributed by atoms with E-state index in [4.69, 9.17) is 0 Å². The van der Waals surface area contributed by atoms with Gasteiger partial charge in [-0.3, -0.25) is 19.3 Å². The molecule has 0 spiro atoms. The topological polar surface area (TPSA) is 71.4 Å². The lowest BCUT2D eigenvalue weighted by molar-refractivity contribution is -0.122. The summed E-state index contributed by atoms with van der Waals surface area (Å²) in [7, 11) is 0. The number of pyridine rings is 1. The van der Waals surface area contributed by atoms with Gasteiger partial charge in [-0.15, -0.1) is 0 Å². The van der Waals surface area contributed by atoms with E-state index in [1.165, 1.54) is 16.4 Å². The second kappa shape index (κ2) is 6.31. The summed E-state index contributed by atoms with van der Waals surface area (Å²) in [6.07, 6.45) is 2.11. The van der Waals surface area contributed by atoms with Gasteiger partial charge in [0.05, 0.1) is 0 Å². The third-order valence-corrected chi connectivity index (χ3v) is 4.24.